The normalized spacial score (nSPS) is 12.3. The van der Waals surface area contributed by atoms with Crippen LogP contribution in [0.5, 0.6) is 0 Å². The molecule has 7 nitrogen and oxygen atoms in total. The van der Waals surface area contributed by atoms with Crippen molar-refractivity contribution in [1.82, 2.24) is 0 Å². The summed E-state index contributed by atoms with van der Waals surface area (Å²) in [5.41, 5.74) is 0.783. The molecule has 0 atom stereocenters. The number of rotatable bonds is 7. The van der Waals surface area contributed by atoms with Crippen molar-refractivity contribution in [2.45, 2.75) is 18.7 Å². The van der Waals surface area contributed by atoms with Gasteiger partial charge in [0.25, 0.3) is 0 Å². The second kappa shape index (κ2) is 6.53. The maximum atomic E-state index is 11.8. The highest BCUT2D eigenvalue weighted by Crippen LogP contribution is 2.20. The van der Waals surface area contributed by atoms with E-state index in [-0.39, 0.29) is 22.9 Å². The largest absolute Gasteiger partial charge is 0.381 e. The van der Waals surface area contributed by atoms with Crippen LogP contribution in [0.25, 0.3) is 0 Å². The lowest BCUT2D eigenvalue weighted by Crippen LogP contribution is -2.21. The van der Waals surface area contributed by atoms with Crippen LogP contribution in [0.4, 0.5) is 5.69 Å². The quantitative estimate of drug-likeness (QED) is 0.706. The molecule has 0 aromatic heterocycles. The van der Waals surface area contributed by atoms with Gasteiger partial charge in [0.05, 0.1) is 22.9 Å². The molecule has 0 spiro atoms. The van der Waals surface area contributed by atoms with Crippen molar-refractivity contribution in [2.75, 3.05) is 23.7 Å². The van der Waals surface area contributed by atoms with E-state index in [0.29, 0.717) is 12.2 Å². The summed E-state index contributed by atoms with van der Waals surface area (Å²) < 4.78 is 53.4. The van der Waals surface area contributed by atoms with Crippen LogP contribution >= 0.6 is 0 Å². The first-order valence-electron chi connectivity index (χ1n) is 5.87. The number of anilines is 1. The van der Waals surface area contributed by atoms with Gasteiger partial charge in [-0.05, 0) is 31.5 Å². The molecule has 1 aromatic rings. The molecule has 0 radical (unpaired) electrons. The zero-order valence-corrected chi connectivity index (χ0v) is 12.9. The second-order valence-corrected chi connectivity index (χ2v) is 7.54. The van der Waals surface area contributed by atoms with Crippen LogP contribution in [0.1, 0.15) is 12.5 Å². The molecule has 0 aliphatic carbocycles. The summed E-state index contributed by atoms with van der Waals surface area (Å²) in [7, 11) is -7.48. The van der Waals surface area contributed by atoms with Crippen LogP contribution < -0.4 is 9.86 Å². The lowest BCUT2D eigenvalue weighted by Gasteiger charge is -2.11. The molecular formula is C11H18N2O5S2. The van der Waals surface area contributed by atoms with Crippen molar-refractivity contribution in [3.8, 4) is 0 Å². The number of sulfonamides is 2. The Labute approximate surface area is 119 Å². The predicted octanol–water partition coefficient (Wildman–Crippen LogP) is 0.421. The van der Waals surface area contributed by atoms with Crippen LogP contribution in [0, 0.1) is 6.92 Å². The van der Waals surface area contributed by atoms with Crippen LogP contribution in [-0.2, 0) is 24.8 Å². The van der Waals surface area contributed by atoms with Crippen molar-refractivity contribution in [3.05, 3.63) is 23.8 Å². The van der Waals surface area contributed by atoms with Gasteiger partial charge in [0.15, 0.2) is 0 Å². The first-order chi connectivity index (χ1) is 9.15. The van der Waals surface area contributed by atoms with Crippen molar-refractivity contribution in [2.24, 2.45) is 5.14 Å². The van der Waals surface area contributed by atoms with E-state index < -0.39 is 20.0 Å². The third kappa shape index (κ3) is 5.08. The molecule has 0 saturated carbocycles. The Hall–Kier alpha value is -1.16. The molecule has 0 aliphatic heterocycles. The third-order valence-corrected chi connectivity index (χ3v) is 4.65. The average Bonchev–Trinajstić information content (AvgIpc) is 2.30. The van der Waals surface area contributed by atoms with E-state index in [4.69, 9.17) is 9.88 Å². The standard InChI is InChI=1S/C11H18N2O5S2/c1-3-18-6-7-19(14,15)13-11-8-10(20(12,16)17)5-4-9(11)2/h4-5,8,13H,3,6-7H2,1-2H3,(H2,12,16,17). The van der Waals surface area contributed by atoms with Gasteiger partial charge in [0, 0.05) is 6.61 Å². The Balaban J connectivity index is 2.97. The second-order valence-electron chi connectivity index (χ2n) is 4.14. The first-order valence-corrected chi connectivity index (χ1v) is 9.07. The molecule has 0 fully saturated rings. The number of benzene rings is 1. The summed E-state index contributed by atoms with van der Waals surface area (Å²) >= 11 is 0. The van der Waals surface area contributed by atoms with Crippen LogP contribution in [0.15, 0.2) is 23.1 Å². The summed E-state index contributed by atoms with van der Waals surface area (Å²) in [6.07, 6.45) is 0. The molecule has 3 N–H and O–H groups in total. The minimum atomic E-state index is -3.88. The van der Waals surface area contributed by atoms with Gasteiger partial charge in [0.2, 0.25) is 20.0 Å². The molecular weight excluding hydrogens is 304 g/mol. The molecule has 20 heavy (non-hydrogen) atoms. The first kappa shape index (κ1) is 16.9. The van der Waals surface area contributed by atoms with Gasteiger partial charge in [-0.15, -0.1) is 0 Å². The zero-order valence-electron chi connectivity index (χ0n) is 11.3. The zero-order chi connectivity index (χ0) is 15.4. The molecule has 1 rings (SSSR count). The van der Waals surface area contributed by atoms with E-state index in [1.54, 1.807) is 13.8 Å². The molecule has 0 amide bonds. The molecule has 0 heterocycles. The third-order valence-electron chi connectivity index (χ3n) is 2.50. The fourth-order valence-corrected chi connectivity index (χ4v) is 2.95. The number of primary sulfonamides is 1. The Morgan fingerprint density at radius 1 is 1.25 bits per heavy atom. The number of aryl methyl sites for hydroxylation is 1. The lowest BCUT2D eigenvalue weighted by atomic mass is 10.2. The van der Waals surface area contributed by atoms with Crippen LogP contribution in [0.3, 0.4) is 0 Å². The van der Waals surface area contributed by atoms with Crippen LogP contribution in [-0.4, -0.2) is 35.8 Å². The van der Waals surface area contributed by atoms with Gasteiger partial charge in [0.1, 0.15) is 0 Å². The topological polar surface area (TPSA) is 116 Å². The minimum absolute atomic E-state index is 0.0692. The molecule has 9 heteroatoms. The van der Waals surface area contributed by atoms with Gasteiger partial charge in [-0.25, -0.2) is 22.0 Å². The number of hydrogen-bond acceptors (Lipinski definition) is 5. The van der Waals surface area contributed by atoms with Gasteiger partial charge >= 0.3 is 0 Å². The van der Waals surface area contributed by atoms with E-state index in [9.17, 15) is 16.8 Å². The van der Waals surface area contributed by atoms with Crippen LogP contribution in [0.2, 0.25) is 0 Å². The Bertz CT molecular complexity index is 668. The van der Waals surface area contributed by atoms with E-state index in [0.717, 1.165) is 0 Å². The van der Waals surface area contributed by atoms with Crippen molar-refractivity contribution < 1.29 is 21.6 Å². The summed E-state index contributed by atoms with van der Waals surface area (Å²) in [5, 5.41) is 5.01. The number of nitrogens with one attached hydrogen (secondary N) is 1. The molecule has 0 unspecified atom stereocenters. The molecule has 0 aliphatic rings. The highest BCUT2D eigenvalue weighted by Gasteiger charge is 2.15. The molecule has 0 bridgehead atoms. The van der Waals surface area contributed by atoms with Gasteiger partial charge < -0.3 is 4.74 Å². The summed E-state index contributed by atoms with van der Waals surface area (Å²) in [5.74, 6) is -0.208. The molecule has 114 valence electrons. The number of nitrogens with two attached hydrogens (primary N) is 1. The highest BCUT2D eigenvalue weighted by atomic mass is 32.2. The Kier molecular flexibility index (Phi) is 5.51. The van der Waals surface area contributed by atoms with Gasteiger partial charge in [-0.3, -0.25) is 4.72 Å². The maximum absolute atomic E-state index is 11.8. The number of hydrogen-bond donors (Lipinski definition) is 2. The summed E-state index contributed by atoms with van der Waals surface area (Å²) in [6.45, 7) is 3.92. The van der Waals surface area contributed by atoms with E-state index in [1.807, 2.05) is 0 Å². The fraction of sp³-hybridized carbons (Fsp3) is 0.455. The monoisotopic (exact) mass is 322 g/mol. The van der Waals surface area contributed by atoms with Gasteiger partial charge in [-0.2, -0.15) is 0 Å². The average molecular weight is 322 g/mol. The Morgan fingerprint density at radius 2 is 1.90 bits per heavy atom. The van der Waals surface area contributed by atoms with E-state index in [2.05, 4.69) is 4.72 Å². The highest BCUT2D eigenvalue weighted by molar-refractivity contribution is 7.92. The molecule has 0 saturated heterocycles. The Morgan fingerprint density at radius 3 is 2.45 bits per heavy atom. The predicted molar refractivity (Wildman–Crippen MR) is 76.5 cm³/mol. The van der Waals surface area contributed by atoms with Crippen molar-refractivity contribution in [1.29, 1.82) is 0 Å². The summed E-state index contributed by atoms with van der Waals surface area (Å²) in [4.78, 5) is -0.148. The van der Waals surface area contributed by atoms with E-state index in [1.165, 1.54) is 18.2 Å². The van der Waals surface area contributed by atoms with E-state index >= 15 is 0 Å². The van der Waals surface area contributed by atoms with Crippen molar-refractivity contribution in [3.63, 3.8) is 0 Å². The maximum Gasteiger partial charge on any atom is 0.238 e. The SMILES string of the molecule is CCOCCS(=O)(=O)Nc1cc(S(N)(=O)=O)ccc1C. The minimum Gasteiger partial charge on any atom is -0.381 e. The van der Waals surface area contributed by atoms with Crippen molar-refractivity contribution >= 4 is 25.7 Å². The number of ether oxygens (including phenoxy) is 1. The lowest BCUT2D eigenvalue weighted by molar-refractivity contribution is 0.163. The molecule has 1 aromatic carbocycles. The van der Waals surface area contributed by atoms with Gasteiger partial charge in [-0.1, -0.05) is 6.07 Å². The fourth-order valence-electron chi connectivity index (χ4n) is 1.42. The summed E-state index contributed by atoms with van der Waals surface area (Å²) in [6, 6.07) is 4.01. The smallest absolute Gasteiger partial charge is 0.238 e.